The molecular weight excluding hydrogens is 392 g/mol. The predicted octanol–water partition coefficient (Wildman–Crippen LogP) is 3.43. The summed E-state index contributed by atoms with van der Waals surface area (Å²) in [7, 11) is 1.88. The van der Waals surface area contributed by atoms with E-state index < -0.39 is 5.60 Å². The lowest BCUT2D eigenvalue weighted by Crippen LogP contribution is -2.69. The van der Waals surface area contributed by atoms with Crippen LogP contribution in [0.25, 0.3) is 0 Å². The summed E-state index contributed by atoms with van der Waals surface area (Å²) in [5.41, 5.74) is -0.129. The number of fused-ring (bicyclic) bond motifs is 4. The lowest BCUT2D eigenvalue weighted by molar-refractivity contribution is -0.125. The Bertz CT molecular complexity index is 713. The van der Waals surface area contributed by atoms with Crippen molar-refractivity contribution in [2.24, 2.45) is 16.3 Å². The smallest absolute Gasteiger partial charge is 0.410 e. The van der Waals surface area contributed by atoms with E-state index in [0.29, 0.717) is 29.5 Å². The molecule has 2 saturated carbocycles. The summed E-state index contributed by atoms with van der Waals surface area (Å²) in [5.74, 6) is 1.55. The van der Waals surface area contributed by atoms with E-state index >= 15 is 0 Å². The predicted molar refractivity (Wildman–Crippen MR) is 120 cm³/mol. The minimum atomic E-state index is -0.446. The van der Waals surface area contributed by atoms with Crippen molar-refractivity contribution in [2.75, 3.05) is 13.7 Å². The quantitative estimate of drug-likeness (QED) is 0.517. The molecule has 7 nitrogen and oxygen atoms in total. The molecule has 0 radical (unpaired) electrons. The van der Waals surface area contributed by atoms with Crippen LogP contribution in [-0.4, -0.2) is 66.5 Å². The molecule has 3 heterocycles. The van der Waals surface area contributed by atoms with Crippen LogP contribution >= 0.6 is 0 Å². The molecule has 3 aliphatic heterocycles. The van der Waals surface area contributed by atoms with E-state index in [-0.39, 0.29) is 18.2 Å². The minimum Gasteiger partial charge on any atom is -0.444 e. The minimum absolute atomic E-state index is 0.147. The van der Waals surface area contributed by atoms with Crippen LogP contribution in [-0.2, 0) is 9.47 Å². The summed E-state index contributed by atoms with van der Waals surface area (Å²) in [6, 6.07) is 1.35. The number of hydrogen-bond donors (Lipinski definition) is 2. The normalized spacial score (nSPS) is 38.7. The molecule has 2 aliphatic carbocycles. The molecule has 1 amide bonds. The lowest BCUT2D eigenvalue weighted by atomic mass is 9.54. The average molecular weight is 433 g/mol. The van der Waals surface area contributed by atoms with Crippen molar-refractivity contribution in [2.45, 2.75) is 114 Å². The van der Waals surface area contributed by atoms with Crippen LogP contribution in [0.4, 0.5) is 4.79 Å². The fraction of sp³-hybridized carbons (Fsp3) is 0.917. The number of aliphatic imine (C=N–C) groups is 1. The van der Waals surface area contributed by atoms with Gasteiger partial charge in [0.1, 0.15) is 5.60 Å². The first-order chi connectivity index (χ1) is 14.8. The zero-order valence-electron chi connectivity index (χ0n) is 19.7. The Morgan fingerprint density at radius 2 is 1.77 bits per heavy atom. The maximum atomic E-state index is 12.7. The highest BCUT2D eigenvalue weighted by atomic mass is 16.6. The largest absolute Gasteiger partial charge is 0.444 e. The van der Waals surface area contributed by atoms with Crippen LogP contribution in [0.15, 0.2) is 4.99 Å². The van der Waals surface area contributed by atoms with Crippen LogP contribution in [0, 0.1) is 11.3 Å². The number of guanidine groups is 1. The van der Waals surface area contributed by atoms with Crippen molar-refractivity contribution in [1.82, 2.24) is 15.5 Å². The summed E-state index contributed by atoms with van der Waals surface area (Å²) < 4.78 is 11.8. The second-order valence-corrected chi connectivity index (χ2v) is 11.5. The topological polar surface area (TPSA) is 75.2 Å². The van der Waals surface area contributed by atoms with E-state index in [9.17, 15) is 4.79 Å². The highest BCUT2D eigenvalue weighted by Crippen LogP contribution is 2.60. The summed E-state index contributed by atoms with van der Waals surface area (Å²) in [5, 5.41) is 7.54. The molecule has 31 heavy (non-hydrogen) atoms. The van der Waals surface area contributed by atoms with Gasteiger partial charge in [0.05, 0.1) is 6.10 Å². The first kappa shape index (κ1) is 21.4. The maximum Gasteiger partial charge on any atom is 0.410 e. The average Bonchev–Trinajstić information content (AvgIpc) is 3.41. The SMILES string of the molecule is CN=C(NC1CC2CCC(C1)N2C(=O)OC(C)(C)C)NC1C2CCOC2C12CCCC2. The van der Waals surface area contributed by atoms with Gasteiger partial charge >= 0.3 is 6.09 Å². The number of ether oxygens (including phenoxy) is 2. The second-order valence-electron chi connectivity index (χ2n) is 11.5. The molecule has 0 aromatic carbocycles. The van der Waals surface area contributed by atoms with Crippen molar-refractivity contribution >= 4 is 12.1 Å². The Labute approximate surface area is 186 Å². The fourth-order valence-corrected chi connectivity index (χ4v) is 7.32. The summed E-state index contributed by atoms with van der Waals surface area (Å²) in [6.07, 6.45) is 10.7. The number of amides is 1. The Balaban J connectivity index is 1.20. The molecule has 5 atom stereocenters. The van der Waals surface area contributed by atoms with E-state index in [1.165, 1.54) is 32.1 Å². The third-order valence-corrected chi connectivity index (χ3v) is 8.48. The lowest BCUT2D eigenvalue weighted by Gasteiger charge is -2.57. The van der Waals surface area contributed by atoms with Crippen molar-refractivity contribution < 1.29 is 14.3 Å². The molecule has 5 unspecified atom stereocenters. The van der Waals surface area contributed by atoms with Gasteiger partial charge in [0.25, 0.3) is 0 Å². The van der Waals surface area contributed by atoms with Gasteiger partial charge in [0, 0.05) is 49.2 Å². The maximum absolute atomic E-state index is 12.7. The Morgan fingerprint density at radius 1 is 1.10 bits per heavy atom. The van der Waals surface area contributed by atoms with Crippen LogP contribution in [0.3, 0.4) is 0 Å². The number of carbonyl (C=O) groups excluding carboxylic acids is 1. The summed E-state index contributed by atoms with van der Waals surface area (Å²) in [4.78, 5) is 19.3. The number of hydrogen-bond acceptors (Lipinski definition) is 4. The van der Waals surface area contributed by atoms with Gasteiger partial charge in [0.2, 0.25) is 0 Å². The molecule has 0 aromatic heterocycles. The van der Waals surface area contributed by atoms with Gasteiger partial charge < -0.3 is 25.0 Å². The molecule has 7 heteroatoms. The first-order valence-corrected chi connectivity index (χ1v) is 12.4. The molecule has 2 N–H and O–H groups in total. The summed E-state index contributed by atoms with van der Waals surface area (Å²) in [6.45, 7) is 6.73. The zero-order chi connectivity index (χ0) is 21.8. The Kier molecular flexibility index (Phi) is 5.39. The van der Waals surface area contributed by atoms with Gasteiger partial charge in [-0.25, -0.2) is 4.79 Å². The number of carbonyl (C=O) groups is 1. The Morgan fingerprint density at radius 3 is 2.39 bits per heavy atom. The van der Waals surface area contributed by atoms with Gasteiger partial charge in [-0.05, 0) is 65.7 Å². The van der Waals surface area contributed by atoms with Crippen molar-refractivity contribution in [3.63, 3.8) is 0 Å². The molecule has 5 fully saturated rings. The van der Waals surface area contributed by atoms with Crippen molar-refractivity contribution in [1.29, 1.82) is 0 Å². The second kappa shape index (κ2) is 7.82. The summed E-state index contributed by atoms with van der Waals surface area (Å²) >= 11 is 0. The number of nitrogens with one attached hydrogen (secondary N) is 2. The van der Waals surface area contributed by atoms with E-state index in [1.54, 1.807) is 0 Å². The van der Waals surface area contributed by atoms with Crippen LogP contribution in [0.1, 0.15) is 78.6 Å². The molecule has 5 rings (SSSR count). The molecule has 0 aromatic rings. The first-order valence-electron chi connectivity index (χ1n) is 12.4. The van der Waals surface area contributed by atoms with Crippen molar-refractivity contribution in [3.05, 3.63) is 0 Å². The molecule has 3 saturated heterocycles. The third kappa shape index (κ3) is 3.70. The third-order valence-electron chi connectivity index (χ3n) is 8.48. The molecule has 174 valence electrons. The van der Waals surface area contributed by atoms with Gasteiger partial charge in [-0.2, -0.15) is 0 Å². The Hall–Kier alpha value is -1.50. The number of nitrogens with zero attached hydrogens (tertiary/aromatic N) is 2. The van der Waals surface area contributed by atoms with E-state index in [4.69, 9.17) is 9.47 Å². The van der Waals surface area contributed by atoms with Gasteiger partial charge in [-0.1, -0.05) is 12.8 Å². The van der Waals surface area contributed by atoms with Crippen LogP contribution in [0.5, 0.6) is 0 Å². The van der Waals surface area contributed by atoms with E-state index in [0.717, 1.165) is 38.2 Å². The van der Waals surface area contributed by atoms with Crippen LogP contribution in [0.2, 0.25) is 0 Å². The van der Waals surface area contributed by atoms with E-state index in [1.807, 2.05) is 32.7 Å². The molecule has 5 aliphatic rings. The standard InChI is InChI=1S/C24H40N4O3/c1-23(2,3)31-22(29)28-16-7-8-17(28)14-15(13-16)26-21(25-4)27-19-18-9-12-30-20(18)24(19)10-5-6-11-24/h15-20H,5-14H2,1-4H3,(H2,25,26,27). The van der Waals surface area contributed by atoms with Crippen LogP contribution < -0.4 is 10.6 Å². The van der Waals surface area contributed by atoms with Crippen molar-refractivity contribution in [3.8, 4) is 0 Å². The number of rotatable bonds is 2. The molecule has 1 spiro atoms. The monoisotopic (exact) mass is 432 g/mol. The highest BCUT2D eigenvalue weighted by Gasteiger charge is 2.65. The molecule has 2 bridgehead atoms. The zero-order valence-corrected chi connectivity index (χ0v) is 19.7. The van der Waals surface area contributed by atoms with Gasteiger partial charge in [0.15, 0.2) is 5.96 Å². The van der Waals surface area contributed by atoms with Gasteiger partial charge in [-0.15, -0.1) is 0 Å². The molecular formula is C24H40N4O3. The van der Waals surface area contributed by atoms with E-state index in [2.05, 4.69) is 15.6 Å². The fourth-order valence-electron chi connectivity index (χ4n) is 7.32. The van der Waals surface area contributed by atoms with Gasteiger partial charge in [-0.3, -0.25) is 4.99 Å². The highest BCUT2D eigenvalue weighted by molar-refractivity contribution is 5.80. The number of piperidine rings is 1.